The number of benzene rings is 1. The van der Waals surface area contributed by atoms with Gasteiger partial charge in [0.15, 0.2) is 0 Å². The Hall–Kier alpha value is -1.29. The van der Waals surface area contributed by atoms with E-state index in [1.54, 1.807) is 6.07 Å². The predicted octanol–water partition coefficient (Wildman–Crippen LogP) is 6.74. The number of aromatic nitrogens is 1. The molecule has 0 saturated heterocycles. The van der Waals surface area contributed by atoms with Gasteiger partial charge in [0.2, 0.25) is 0 Å². The van der Waals surface area contributed by atoms with Crippen LogP contribution in [0.25, 0.3) is 0 Å². The molecule has 0 aliphatic rings. The minimum Gasteiger partial charge on any atom is -0.339 e. The average molecular weight is 394 g/mol. The lowest BCUT2D eigenvalue weighted by Crippen LogP contribution is -2.39. The standard InChI is InChI=1S/C21H29Cl2N3/c1-13(2)11-25-21(5,6)17-12-24-20(10-16(17)14(3)4)26-19-8-7-15(22)9-18(19)23/h7-10,12-14,25H,11H2,1-6H3,(H,24,26). The van der Waals surface area contributed by atoms with Crippen LogP contribution < -0.4 is 10.6 Å². The fourth-order valence-electron chi connectivity index (χ4n) is 2.82. The van der Waals surface area contributed by atoms with Crippen molar-refractivity contribution in [3.8, 4) is 0 Å². The van der Waals surface area contributed by atoms with Gasteiger partial charge in [-0.3, -0.25) is 0 Å². The zero-order valence-electron chi connectivity index (χ0n) is 16.5. The molecule has 1 aromatic heterocycles. The summed E-state index contributed by atoms with van der Waals surface area (Å²) in [5, 5.41) is 8.15. The van der Waals surface area contributed by atoms with E-state index in [9.17, 15) is 0 Å². The molecule has 0 bridgehead atoms. The zero-order valence-corrected chi connectivity index (χ0v) is 18.0. The average Bonchev–Trinajstić information content (AvgIpc) is 2.55. The molecule has 3 nitrogen and oxygen atoms in total. The number of halogens is 2. The van der Waals surface area contributed by atoms with Gasteiger partial charge in [-0.25, -0.2) is 4.98 Å². The molecule has 0 radical (unpaired) electrons. The normalized spacial score (nSPS) is 12.1. The molecular weight excluding hydrogens is 365 g/mol. The van der Waals surface area contributed by atoms with Crippen LogP contribution in [0.3, 0.4) is 0 Å². The molecule has 26 heavy (non-hydrogen) atoms. The van der Waals surface area contributed by atoms with Crippen molar-refractivity contribution in [1.82, 2.24) is 10.3 Å². The first kappa shape index (κ1) is 21.0. The topological polar surface area (TPSA) is 37.0 Å². The van der Waals surface area contributed by atoms with Crippen molar-refractivity contribution in [1.29, 1.82) is 0 Å². The van der Waals surface area contributed by atoms with Crippen molar-refractivity contribution in [2.75, 3.05) is 11.9 Å². The lowest BCUT2D eigenvalue weighted by molar-refractivity contribution is 0.370. The van der Waals surface area contributed by atoms with Crippen molar-refractivity contribution < 1.29 is 0 Å². The van der Waals surface area contributed by atoms with E-state index in [0.717, 1.165) is 18.1 Å². The summed E-state index contributed by atoms with van der Waals surface area (Å²) in [6, 6.07) is 7.52. The summed E-state index contributed by atoms with van der Waals surface area (Å²) in [7, 11) is 0. The van der Waals surface area contributed by atoms with Gasteiger partial charge in [0.1, 0.15) is 5.82 Å². The number of pyridine rings is 1. The first-order valence-corrected chi connectivity index (χ1v) is 9.83. The summed E-state index contributed by atoms with van der Waals surface area (Å²) in [5.74, 6) is 1.76. The van der Waals surface area contributed by atoms with Gasteiger partial charge in [-0.1, -0.05) is 50.9 Å². The van der Waals surface area contributed by atoms with Crippen molar-refractivity contribution in [3.05, 3.63) is 51.6 Å². The van der Waals surface area contributed by atoms with Crippen LogP contribution in [-0.2, 0) is 5.54 Å². The second kappa shape index (κ2) is 8.60. The molecular formula is C21H29Cl2N3. The molecule has 5 heteroatoms. The number of hydrogen-bond donors (Lipinski definition) is 2. The van der Waals surface area contributed by atoms with E-state index in [2.05, 4.69) is 63.2 Å². The summed E-state index contributed by atoms with van der Waals surface area (Å²) in [5.41, 5.74) is 3.14. The monoisotopic (exact) mass is 393 g/mol. The molecule has 2 N–H and O–H groups in total. The van der Waals surface area contributed by atoms with Crippen molar-refractivity contribution in [2.24, 2.45) is 5.92 Å². The molecule has 0 aliphatic heterocycles. The van der Waals surface area contributed by atoms with E-state index in [4.69, 9.17) is 23.2 Å². The number of nitrogens with zero attached hydrogens (tertiary/aromatic N) is 1. The third-order valence-corrected chi connectivity index (χ3v) is 4.93. The lowest BCUT2D eigenvalue weighted by Gasteiger charge is -2.31. The smallest absolute Gasteiger partial charge is 0.130 e. The van der Waals surface area contributed by atoms with Crippen molar-refractivity contribution in [2.45, 2.75) is 53.0 Å². The molecule has 1 heterocycles. The van der Waals surface area contributed by atoms with Gasteiger partial charge in [-0.15, -0.1) is 0 Å². The van der Waals surface area contributed by atoms with E-state index >= 15 is 0 Å². The van der Waals surface area contributed by atoms with Crippen molar-refractivity contribution >= 4 is 34.7 Å². The number of anilines is 2. The molecule has 0 aliphatic carbocycles. The minimum atomic E-state index is -0.146. The Morgan fingerprint density at radius 3 is 2.35 bits per heavy atom. The van der Waals surface area contributed by atoms with Crippen molar-refractivity contribution in [3.63, 3.8) is 0 Å². The molecule has 2 aromatic rings. The highest BCUT2D eigenvalue weighted by atomic mass is 35.5. The van der Waals surface area contributed by atoms with E-state index in [1.807, 2.05) is 18.3 Å². The third-order valence-electron chi connectivity index (χ3n) is 4.38. The molecule has 1 aromatic carbocycles. The number of hydrogen-bond acceptors (Lipinski definition) is 3. The largest absolute Gasteiger partial charge is 0.339 e. The first-order valence-electron chi connectivity index (χ1n) is 9.07. The van der Waals surface area contributed by atoms with Gasteiger partial charge in [-0.2, -0.15) is 0 Å². The predicted molar refractivity (Wildman–Crippen MR) is 114 cm³/mol. The Bertz CT molecular complexity index is 755. The molecule has 2 rings (SSSR count). The molecule has 0 saturated carbocycles. The maximum absolute atomic E-state index is 6.27. The van der Waals surface area contributed by atoms with Gasteiger partial charge in [0.05, 0.1) is 10.7 Å². The molecule has 0 spiro atoms. The van der Waals surface area contributed by atoms with Gasteiger partial charge < -0.3 is 10.6 Å². The molecule has 0 atom stereocenters. The van der Waals surface area contributed by atoms with E-state index in [1.165, 1.54) is 11.1 Å². The molecule has 0 unspecified atom stereocenters. The summed E-state index contributed by atoms with van der Waals surface area (Å²) >= 11 is 12.2. The first-order chi connectivity index (χ1) is 12.1. The summed E-state index contributed by atoms with van der Waals surface area (Å²) in [4.78, 5) is 4.63. The second-order valence-electron chi connectivity index (χ2n) is 7.96. The zero-order chi connectivity index (χ0) is 19.5. The Morgan fingerprint density at radius 2 is 1.77 bits per heavy atom. The van der Waals surface area contributed by atoms with E-state index < -0.39 is 0 Å². The Morgan fingerprint density at radius 1 is 1.08 bits per heavy atom. The van der Waals surface area contributed by atoms with Crippen LogP contribution in [0.15, 0.2) is 30.5 Å². The fraction of sp³-hybridized carbons (Fsp3) is 0.476. The van der Waals surface area contributed by atoms with E-state index in [-0.39, 0.29) is 5.54 Å². The summed E-state index contributed by atoms with van der Waals surface area (Å²) in [6.45, 7) is 14.2. The maximum atomic E-state index is 6.27. The number of nitrogens with one attached hydrogen (secondary N) is 2. The van der Waals surface area contributed by atoms with Gasteiger partial charge in [0, 0.05) is 16.8 Å². The SMILES string of the molecule is CC(C)CNC(C)(C)c1cnc(Nc2ccc(Cl)cc2Cl)cc1C(C)C. The minimum absolute atomic E-state index is 0.146. The number of rotatable bonds is 7. The van der Waals surface area contributed by atoms with Crippen LogP contribution in [0.5, 0.6) is 0 Å². The van der Waals surface area contributed by atoms with Crippen LogP contribution in [0.1, 0.15) is 58.6 Å². The fourth-order valence-corrected chi connectivity index (χ4v) is 3.28. The summed E-state index contributed by atoms with van der Waals surface area (Å²) < 4.78 is 0. The van der Waals surface area contributed by atoms with Gasteiger partial charge in [0.25, 0.3) is 0 Å². The highest BCUT2D eigenvalue weighted by Crippen LogP contribution is 2.32. The van der Waals surface area contributed by atoms with Gasteiger partial charge in [-0.05, 0) is 67.6 Å². The molecule has 0 amide bonds. The van der Waals surface area contributed by atoms with Crippen LogP contribution >= 0.6 is 23.2 Å². The van der Waals surface area contributed by atoms with E-state index in [0.29, 0.717) is 21.9 Å². The molecule has 142 valence electrons. The second-order valence-corrected chi connectivity index (χ2v) is 8.80. The van der Waals surface area contributed by atoms with Crippen LogP contribution in [0, 0.1) is 5.92 Å². The van der Waals surface area contributed by atoms with Crippen LogP contribution in [0.4, 0.5) is 11.5 Å². The highest BCUT2D eigenvalue weighted by Gasteiger charge is 2.25. The maximum Gasteiger partial charge on any atom is 0.130 e. The quantitative estimate of drug-likeness (QED) is 0.546. The third kappa shape index (κ3) is 5.35. The summed E-state index contributed by atoms with van der Waals surface area (Å²) in [6.07, 6.45) is 1.97. The Balaban J connectivity index is 2.33. The van der Waals surface area contributed by atoms with Crippen LogP contribution in [-0.4, -0.2) is 11.5 Å². The lowest BCUT2D eigenvalue weighted by atomic mass is 9.86. The molecule has 0 fully saturated rings. The Kier molecular flexibility index (Phi) is 6.95. The highest BCUT2D eigenvalue weighted by molar-refractivity contribution is 6.36. The van der Waals surface area contributed by atoms with Gasteiger partial charge >= 0.3 is 0 Å². The van der Waals surface area contributed by atoms with Crippen LogP contribution in [0.2, 0.25) is 10.0 Å². The Labute approximate surface area is 167 Å².